The van der Waals surface area contributed by atoms with Crippen LogP contribution in [-0.2, 0) is 15.7 Å². The van der Waals surface area contributed by atoms with Gasteiger partial charge in [-0.15, -0.1) is 0 Å². The standard InChI is InChI=1S/C30H21IN6O2/c1-3-36-23-11-7-5-9-20(23)29(27(36)39)17-35(2)30(28(29,15-32)16-33)21-14-18(31)12-13-24(21)37-25(38)19-8-4-6-10-22(19)34-26(30)37/h4-14H,3,17H2,1-2H3/t29-,30?/m1/s1. The number of para-hydroxylation sites is 2. The molecule has 0 aliphatic carbocycles. The highest BCUT2D eigenvalue weighted by Gasteiger charge is 2.81. The molecule has 1 aromatic heterocycles. The summed E-state index contributed by atoms with van der Waals surface area (Å²) < 4.78 is 2.42. The Morgan fingerprint density at radius 1 is 0.974 bits per heavy atom. The van der Waals surface area contributed by atoms with Gasteiger partial charge in [0.05, 0.1) is 28.7 Å². The SMILES string of the molecule is CCN1C(=O)[C@@]2(CN(C)C3(c4cc(I)ccc4-n4c3nc3ccccc3c4=O)C2(C#N)C#N)c2ccccc21. The van der Waals surface area contributed by atoms with Gasteiger partial charge in [0.25, 0.3) is 5.56 Å². The number of likely N-dealkylation sites (tertiary alicyclic amines) is 1. The molecule has 8 nitrogen and oxygen atoms in total. The molecule has 3 aromatic carbocycles. The van der Waals surface area contributed by atoms with Crippen LogP contribution in [0, 0.1) is 31.6 Å². The number of anilines is 1. The third kappa shape index (κ3) is 2.41. The van der Waals surface area contributed by atoms with Crippen LogP contribution < -0.4 is 10.5 Å². The van der Waals surface area contributed by atoms with E-state index in [9.17, 15) is 20.1 Å². The predicted octanol–water partition coefficient (Wildman–Crippen LogP) is 3.83. The summed E-state index contributed by atoms with van der Waals surface area (Å²) >= 11 is 2.20. The normalized spacial score (nSPS) is 24.1. The monoisotopic (exact) mass is 624 g/mol. The smallest absolute Gasteiger partial charge is 0.266 e. The first-order valence-electron chi connectivity index (χ1n) is 12.6. The van der Waals surface area contributed by atoms with Gasteiger partial charge in [0.1, 0.15) is 16.8 Å². The number of nitriles is 2. The first-order chi connectivity index (χ1) is 18.8. The van der Waals surface area contributed by atoms with Gasteiger partial charge >= 0.3 is 0 Å². The maximum Gasteiger partial charge on any atom is 0.266 e. The van der Waals surface area contributed by atoms with Gasteiger partial charge in [-0.2, -0.15) is 10.5 Å². The fourth-order valence-corrected chi connectivity index (χ4v) is 7.87. The zero-order valence-electron chi connectivity index (χ0n) is 21.1. The maximum atomic E-state index is 14.5. The van der Waals surface area contributed by atoms with Crippen LogP contribution in [0.1, 0.15) is 23.9 Å². The number of likely N-dealkylation sites (N-methyl/N-ethyl adjacent to an activating group) is 2. The summed E-state index contributed by atoms with van der Waals surface area (Å²) in [6.45, 7) is 2.39. The molecule has 1 saturated heterocycles. The molecule has 39 heavy (non-hydrogen) atoms. The Balaban J connectivity index is 1.70. The predicted molar refractivity (Wildman–Crippen MR) is 153 cm³/mol. The average Bonchev–Trinajstić information content (AvgIpc) is 3.47. The second kappa shape index (κ2) is 7.75. The quantitative estimate of drug-likeness (QED) is 0.298. The maximum absolute atomic E-state index is 14.5. The van der Waals surface area contributed by atoms with E-state index in [1.165, 1.54) is 4.57 Å². The lowest BCUT2D eigenvalue weighted by molar-refractivity contribution is -0.124. The van der Waals surface area contributed by atoms with E-state index >= 15 is 0 Å². The molecular weight excluding hydrogens is 603 g/mol. The number of hydrogen-bond donors (Lipinski definition) is 0. The molecule has 4 aromatic rings. The lowest BCUT2D eigenvalue weighted by Gasteiger charge is -2.41. The van der Waals surface area contributed by atoms with Crippen molar-refractivity contribution in [1.29, 1.82) is 10.5 Å². The minimum absolute atomic E-state index is 0.105. The lowest BCUT2D eigenvalue weighted by Crippen LogP contribution is -2.57. The number of aromatic nitrogens is 2. The van der Waals surface area contributed by atoms with E-state index in [0.717, 1.165) is 3.57 Å². The zero-order chi connectivity index (χ0) is 27.3. The minimum Gasteiger partial charge on any atom is -0.311 e. The van der Waals surface area contributed by atoms with Crippen LogP contribution in [-0.4, -0.2) is 40.5 Å². The zero-order valence-corrected chi connectivity index (χ0v) is 23.3. The third-order valence-corrected chi connectivity index (χ3v) is 9.51. The number of hydrogen-bond acceptors (Lipinski definition) is 6. The molecule has 0 bridgehead atoms. The summed E-state index contributed by atoms with van der Waals surface area (Å²) in [5.74, 6) is -0.00214. The van der Waals surface area contributed by atoms with Gasteiger partial charge in [0, 0.05) is 27.9 Å². The Labute approximate surface area is 237 Å². The molecule has 3 aliphatic heterocycles. The van der Waals surface area contributed by atoms with E-state index in [2.05, 4.69) is 34.7 Å². The van der Waals surface area contributed by atoms with Crippen molar-refractivity contribution >= 4 is 45.1 Å². The highest BCUT2D eigenvalue weighted by molar-refractivity contribution is 14.1. The number of amides is 1. The van der Waals surface area contributed by atoms with E-state index in [-0.39, 0.29) is 23.8 Å². The van der Waals surface area contributed by atoms with Crippen LogP contribution in [0.3, 0.4) is 0 Å². The second-order valence-electron chi connectivity index (χ2n) is 10.3. The van der Waals surface area contributed by atoms with Crippen molar-refractivity contribution in [1.82, 2.24) is 14.5 Å². The van der Waals surface area contributed by atoms with Crippen LogP contribution >= 0.6 is 22.6 Å². The summed E-state index contributed by atoms with van der Waals surface area (Å²) in [5, 5.41) is 22.8. The Bertz CT molecular complexity index is 1910. The molecule has 2 atom stereocenters. The molecule has 0 N–H and O–H groups in total. The number of carbonyl (C=O) groups is 1. The van der Waals surface area contributed by atoms with Crippen molar-refractivity contribution in [2.75, 3.05) is 25.0 Å². The van der Waals surface area contributed by atoms with Crippen molar-refractivity contribution in [3.63, 3.8) is 0 Å². The van der Waals surface area contributed by atoms with Crippen LogP contribution in [0.5, 0.6) is 0 Å². The molecule has 1 fully saturated rings. The fourth-order valence-electron chi connectivity index (χ4n) is 7.38. The van der Waals surface area contributed by atoms with Gasteiger partial charge < -0.3 is 4.90 Å². The second-order valence-corrected chi connectivity index (χ2v) is 11.5. The fraction of sp³-hybridized carbons (Fsp3) is 0.233. The van der Waals surface area contributed by atoms with Crippen LogP contribution in [0.25, 0.3) is 16.6 Å². The molecule has 0 saturated carbocycles. The van der Waals surface area contributed by atoms with Crippen LogP contribution in [0.2, 0.25) is 0 Å². The average molecular weight is 624 g/mol. The molecule has 4 heterocycles. The Morgan fingerprint density at radius 3 is 2.44 bits per heavy atom. The largest absolute Gasteiger partial charge is 0.311 e. The number of halogens is 1. The summed E-state index contributed by atoms with van der Waals surface area (Å²) in [6.07, 6.45) is 0. The number of nitrogens with zero attached hydrogens (tertiary/aromatic N) is 6. The van der Waals surface area contributed by atoms with Crippen molar-refractivity contribution in [3.8, 4) is 17.8 Å². The molecular formula is C30H21IN6O2. The van der Waals surface area contributed by atoms with Crippen molar-refractivity contribution in [2.45, 2.75) is 17.9 Å². The van der Waals surface area contributed by atoms with Gasteiger partial charge in [0.2, 0.25) is 5.91 Å². The number of fused-ring (bicyclic) bond motifs is 8. The molecule has 2 spiro atoms. The summed E-state index contributed by atoms with van der Waals surface area (Å²) in [7, 11) is 1.82. The number of rotatable bonds is 1. The first kappa shape index (κ1) is 24.0. The Hall–Kier alpha value is -4.06. The number of carbonyl (C=O) groups excluding carboxylic acids is 1. The first-order valence-corrected chi connectivity index (χ1v) is 13.7. The highest BCUT2D eigenvalue weighted by atomic mass is 127. The molecule has 1 amide bonds. The van der Waals surface area contributed by atoms with E-state index in [4.69, 9.17) is 4.98 Å². The minimum atomic E-state index is -1.95. The molecule has 7 rings (SSSR count). The van der Waals surface area contributed by atoms with Crippen molar-refractivity contribution in [2.24, 2.45) is 5.41 Å². The van der Waals surface area contributed by atoms with E-state index in [0.29, 0.717) is 39.9 Å². The Morgan fingerprint density at radius 2 is 1.69 bits per heavy atom. The summed E-state index contributed by atoms with van der Waals surface area (Å²) in [5.41, 5.74) is -2.21. The Kier molecular flexibility index (Phi) is 4.77. The molecule has 3 aliphatic rings. The van der Waals surface area contributed by atoms with E-state index in [1.807, 2.05) is 61.3 Å². The van der Waals surface area contributed by atoms with Gasteiger partial charge in [-0.25, -0.2) is 4.98 Å². The van der Waals surface area contributed by atoms with E-state index in [1.54, 1.807) is 29.2 Å². The molecule has 0 radical (unpaired) electrons. The van der Waals surface area contributed by atoms with Gasteiger partial charge in [-0.3, -0.25) is 19.1 Å². The molecule has 1 unspecified atom stereocenters. The topological polar surface area (TPSA) is 106 Å². The van der Waals surface area contributed by atoms with Gasteiger partial charge in [0.15, 0.2) is 5.41 Å². The summed E-state index contributed by atoms with van der Waals surface area (Å²) in [6, 6.07) is 25.0. The molecule has 9 heteroatoms. The summed E-state index contributed by atoms with van der Waals surface area (Å²) in [4.78, 5) is 37.1. The van der Waals surface area contributed by atoms with Crippen LogP contribution in [0.4, 0.5) is 5.69 Å². The van der Waals surface area contributed by atoms with E-state index < -0.39 is 16.4 Å². The third-order valence-electron chi connectivity index (χ3n) is 8.83. The molecule has 190 valence electrons. The number of benzene rings is 3. The van der Waals surface area contributed by atoms with Crippen molar-refractivity contribution < 1.29 is 4.79 Å². The van der Waals surface area contributed by atoms with Gasteiger partial charge in [-0.1, -0.05) is 30.3 Å². The van der Waals surface area contributed by atoms with Crippen LogP contribution in [0.15, 0.2) is 71.5 Å². The van der Waals surface area contributed by atoms with Gasteiger partial charge in [-0.05, 0) is 78.5 Å². The van der Waals surface area contributed by atoms with Crippen molar-refractivity contribution in [3.05, 3.63) is 97.6 Å². The lowest BCUT2D eigenvalue weighted by atomic mass is 9.55. The highest BCUT2D eigenvalue weighted by Crippen LogP contribution is 2.68.